The summed E-state index contributed by atoms with van der Waals surface area (Å²) in [6.07, 6.45) is 4.06. The third-order valence-corrected chi connectivity index (χ3v) is 4.80. The quantitative estimate of drug-likeness (QED) is 0.674. The number of nitrogens with zero attached hydrogens (tertiary/aromatic N) is 4. The molecule has 1 fully saturated rings. The molecule has 0 bridgehead atoms. The summed E-state index contributed by atoms with van der Waals surface area (Å²) in [6, 6.07) is 15.6. The fraction of sp³-hybridized carbons (Fsp3) is 0.286. The summed E-state index contributed by atoms with van der Waals surface area (Å²) in [5.41, 5.74) is 2.78. The molecule has 1 unspecified atom stereocenters. The number of aromatic nitrogens is 2. The average Bonchev–Trinajstić information content (AvgIpc) is 3.29. The zero-order chi connectivity index (χ0) is 18.6. The lowest BCUT2D eigenvalue weighted by Crippen LogP contribution is -2.28. The van der Waals surface area contributed by atoms with Gasteiger partial charge in [0.05, 0.1) is 6.54 Å². The second-order valence-electron chi connectivity index (χ2n) is 7.02. The van der Waals surface area contributed by atoms with E-state index in [1.807, 2.05) is 60.5 Å². The van der Waals surface area contributed by atoms with Gasteiger partial charge in [-0.1, -0.05) is 23.4 Å². The first-order valence-corrected chi connectivity index (χ1v) is 9.09. The van der Waals surface area contributed by atoms with E-state index in [-0.39, 0.29) is 5.91 Å². The van der Waals surface area contributed by atoms with Gasteiger partial charge in [0, 0.05) is 49.2 Å². The topological polar surface area (TPSA) is 62.5 Å². The monoisotopic (exact) mass is 362 g/mol. The first-order valence-electron chi connectivity index (χ1n) is 9.09. The van der Waals surface area contributed by atoms with Crippen LogP contribution in [0.3, 0.4) is 0 Å². The van der Waals surface area contributed by atoms with Crippen molar-refractivity contribution in [2.75, 3.05) is 25.0 Å². The number of para-hydroxylation sites is 1. The van der Waals surface area contributed by atoms with Crippen molar-refractivity contribution in [3.05, 3.63) is 66.7 Å². The first-order chi connectivity index (χ1) is 13.2. The van der Waals surface area contributed by atoms with Crippen molar-refractivity contribution in [3.8, 4) is 11.3 Å². The van der Waals surface area contributed by atoms with Gasteiger partial charge in [0.25, 0.3) is 0 Å². The average molecular weight is 362 g/mol. The maximum atomic E-state index is 12.4. The third kappa shape index (κ3) is 4.06. The molecular formula is C21H22N4O2. The molecule has 1 aliphatic heterocycles. The van der Waals surface area contributed by atoms with Gasteiger partial charge in [-0.15, -0.1) is 0 Å². The fourth-order valence-electron chi connectivity index (χ4n) is 3.58. The minimum atomic E-state index is 0.194. The van der Waals surface area contributed by atoms with Crippen LogP contribution in [0.1, 0.15) is 12.2 Å². The van der Waals surface area contributed by atoms with E-state index in [4.69, 9.17) is 4.52 Å². The molecule has 0 aliphatic carbocycles. The minimum Gasteiger partial charge on any atom is -0.359 e. The van der Waals surface area contributed by atoms with Gasteiger partial charge in [-0.2, -0.15) is 0 Å². The van der Waals surface area contributed by atoms with Gasteiger partial charge >= 0.3 is 0 Å². The van der Waals surface area contributed by atoms with Gasteiger partial charge < -0.3 is 9.42 Å². The Bertz CT molecular complexity index is 895. The third-order valence-electron chi connectivity index (χ3n) is 4.80. The van der Waals surface area contributed by atoms with Crippen LogP contribution in [0.15, 0.2) is 65.4 Å². The highest BCUT2D eigenvalue weighted by atomic mass is 16.5. The molecule has 6 nitrogen and oxygen atoms in total. The van der Waals surface area contributed by atoms with Crippen molar-refractivity contribution >= 4 is 11.6 Å². The molecule has 27 heavy (non-hydrogen) atoms. The second-order valence-corrected chi connectivity index (χ2v) is 7.02. The number of rotatable bonds is 6. The van der Waals surface area contributed by atoms with Crippen molar-refractivity contribution in [2.45, 2.75) is 13.0 Å². The normalized spacial score (nSPS) is 17.0. The summed E-state index contributed by atoms with van der Waals surface area (Å²) in [6.45, 7) is 2.25. The lowest BCUT2D eigenvalue weighted by molar-refractivity contribution is -0.117. The fourth-order valence-corrected chi connectivity index (χ4v) is 3.58. The Balaban J connectivity index is 1.34. The number of hydrogen-bond donors (Lipinski definition) is 0. The Morgan fingerprint density at radius 3 is 2.74 bits per heavy atom. The number of carbonyl (C=O) groups is 1. The molecule has 0 N–H and O–H groups in total. The van der Waals surface area contributed by atoms with Gasteiger partial charge in [-0.25, -0.2) is 0 Å². The summed E-state index contributed by atoms with van der Waals surface area (Å²) in [5, 5.41) is 4.14. The maximum absolute atomic E-state index is 12.4. The molecule has 3 heterocycles. The van der Waals surface area contributed by atoms with E-state index in [2.05, 4.69) is 15.0 Å². The van der Waals surface area contributed by atoms with Gasteiger partial charge in [0.1, 0.15) is 5.69 Å². The van der Waals surface area contributed by atoms with E-state index in [0.29, 0.717) is 18.9 Å². The van der Waals surface area contributed by atoms with E-state index in [1.165, 1.54) is 0 Å². The number of amides is 1. The molecule has 1 atom stereocenters. The number of hydrogen-bond acceptors (Lipinski definition) is 5. The Morgan fingerprint density at radius 2 is 1.96 bits per heavy atom. The lowest BCUT2D eigenvalue weighted by atomic mass is 10.1. The molecule has 1 aromatic carbocycles. The Kier molecular flexibility index (Phi) is 4.98. The number of benzene rings is 1. The van der Waals surface area contributed by atoms with E-state index >= 15 is 0 Å². The minimum absolute atomic E-state index is 0.194. The largest absolute Gasteiger partial charge is 0.359 e. The summed E-state index contributed by atoms with van der Waals surface area (Å²) in [4.78, 5) is 20.4. The zero-order valence-electron chi connectivity index (χ0n) is 15.3. The van der Waals surface area contributed by atoms with Crippen LogP contribution in [-0.2, 0) is 11.3 Å². The summed E-state index contributed by atoms with van der Waals surface area (Å²) < 4.78 is 5.48. The second kappa shape index (κ2) is 7.72. The van der Waals surface area contributed by atoms with Crippen molar-refractivity contribution < 1.29 is 9.32 Å². The summed E-state index contributed by atoms with van der Waals surface area (Å²) >= 11 is 0. The molecule has 0 radical (unpaired) electrons. The predicted octanol–water partition coefficient (Wildman–Crippen LogP) is 3.22. The van der Waals surface area contributed by atoms with E-state index in [1.54, 1.807) is 12.4 Å². The SMILES string of the molecule is CN(Cc1cc(-c2ccncc2)no1)CC1CC(=O)N(c2ccccc2)C1. The van der Waals surface area contributed by atoms with Gasteiger partial charge in [-0.3, -0.25) is 14.7 Å². The molecular weight excluding hydrogens is 340 g/mol. The highest BCUT2D eigenvalue weighted by Crippen LogP contribution is 2.26. The summed E-state index contributed by atoms with van der Waals surface area (Å²) in [5.74, 6) is 1.32. The van der Waals surface area contributed by atoms with Crippen LogP contribution in [0.2, 0.25) is 0 Å². The molecule has 2 aromatic heterocycles. The molecule has 1 saturated heterocycles. The molecule has 138 valence electrons. The van der Waals surface area contributed by atoms with Crippen molar-refractivity contribution in [1.29, 1.82) is 0 Å². The van der Waals surface area contributed by atoms with Crippen molar-refractivity contribution in [3.63, 3.8) is 0 Å². The molecule has 1 amide bonds. The van der Waals surface area contributed by atoms with Gasteiger partial charge in [0.2, 0.25) is 5.91 Å². The van der Waals surface area contributed by atoms with Gasteiger partial charge in [-0.05, 0) is 37.2 Å². The molecule has 1 aliphatic rings. The number of pyridine rings is 1. The lowest BCUT2D eigenvalue weighted by Gasteiger charge is -2.20. The van der Waals surface area contributed by atoms with E-state index < -0.39 is 0 Å². The van der Waals surface area contributed by atoms with Crippen LogP contribution < -0.4 is 4.90 Å². The van der Waals surface area contributed by atoms with Crippen LogP contribution in [-0.4, -0.2) is 41.1 Å². The van der Waals surface area contributed by atoms with E-state index in [0.717, 1.165) is 35.8 Å². The first kappa shape index (κ1) is 17.4. The predicted molar refractivity (Wildman–Crippen MR) is 103 cm³/mol. The van der Waals surface area contributed by atoms with Gasteiger partial charge in [0.15, 0.2) is 5.76 Å². The van der Waals surface area contributed by atoms with Crippen LogP contribution >= 0.6 is 0 Å². The van der Waals surface area contributed by atoms with Crippen LogP contribution in [0.25, 0.3) is 11.3 Å². The highest BCUT2D eigenvalue weighted by Gasteiger charge is 2.31. The molecule has 3 aromatic rings. The standard InChI is InChI=1S/C21H22N4O2/c1-24(15-19-12-20(23-27-19)17-7-9-22-10-8-17)13-16-11-21(26)25(14-16)18-5-3-2-4-6-18/h2-10,12,16H,11,13-15H2,1H3. The number of carbonyl (C=O) groups excluding carboxylic acids is 1. The molecule has 6 heteroatoms. The Hall–Kier alpha value is -2.99. The van der Waals surface area contributed by atoms with Crippen LogP contribution in [0.5, 0.6) is 0 Å². The van der Waals surface area contributed by atoms with E-state index in [9.17, 15) is 4.79 Å². The zero-order valence-corrected chi connectivity index (χ0v) is 15.3. The molecule has 0 saturated carbocycles. The maximum Gasteiger partial charge on any atom is 0.227 e. The van der Waals surface area contributed by atoms with Crippen LogP contribution in [0.4, 0.5) is 5.69 Å². The van der Waals surface area contributed by atoms with Crippen molar-refractivity contribution in [1.82, 2.24) is 15.0 Å². The Labute approximate surface area is 158 Å². The Morgan fingerprint density at radius 1 is 1.19 bits per heavy atom. The van der Waals surface area contributed by atoms with Crippen molar-refractivity contribution in [2.24, 2.45) is 5.92 Å². The number of anilines is 1. The summed E-state index contributed by atoms with van der Waals surface area (Å²) in [7, 11) is 2.05. The molecule has 4 rings (SSSR count). The van der Waals surface area contributed by atoms with Crippen LogP contribution in [0, 0.1) is 5.92 Å². The molecule has 0 spiro atoms. The highest BCUT2D eigenvalue weighted by molar-refractivity contribution is 5.95. The smallest absolute Gasteiger partial charge is 0.227 e.